The fraction of sp³-hybridized carbons (Fsp3) is 0.611. The predicted octanol–water partition coefficient (Wildman–Crippen LogP) is 3.69. The van der Waals surface area contributed by atoms with Crippen molar-refractivity contribution in [2.75, 3.05) is 6.61 Å². The van der Waals surface area contributed by atoms with Gasteiger partial charge in [-0.15, -0.1) is 0 Å². The molecule has 0 heterocycles. The molecule has 0 spiro atoms. The standard InChI is InChI=1S/C18H28O3SeSi/c1-18(2,3)23(4,5)21-13-14-11-16(19)17(12-14)22(20)15-9-7-6-8-10-15/h6-10,14,17H,11-13H2,1-5H3/t14-,17?,22?/m0/s1. The quantitative estimate of drug-likeness (QED) is 0.710. The van der Waals surface area contributed by atoms with Gasteiger partial charge in [0.25, 0.3) is 0 Å². The number of carbonyl (C=O) groups excluding carboxylic acids is 1. The molecule has 128 valence electrons. The molecular formula is C18H28O3SeSi. The predicted molar refractivity (Wildman–Crippen MR) is 97.1 cm³/mol. The molecule has 0 aliphatic heterocycles. The van der Waals surface area contributed by atoms with E-state index in [1.807, 2.05) is 30.3 Å². The molecule has 1 aromatic carbocycles. The monoisotopic (exact) mass is 400 g/mol. The maximum absolute atomic E-state index is 12.7. The van der Waals surface area contributed by atoms with Crippen LogP contribution in [0.3, 0.4) is 0 Å². The first-order valence-corrected chi connectivity index (χ1v) is 13.7. The Labute approximate surface area is 145 Å². The minimum atomic E-state index is -2.30. The van der Waals surface area contributed by atoms with Crippen LogP contribution in [-0.2, 0) is 13.1 Å². The van der Waals surface area contributed by atoms with Crippen LogP contribution in [-0.4, -0.2) is 34.5 Å². The minimum absolute atomic E-state index is 0.165. The molecule has 0 amide bonds. The summed E-state index contributed by atoms with van der Waals surface area (Å²) < 4.78 is 19.8. The van der Waals surface area contributed by atoms with Crippen LogP contribution >= 0.6 is 0 Å². The second-order valence-electron chi connectivity index (χ2n) is 7.94. The van der Waals surface area contributed by atoms with Gasteiger partial charge >= 0.3 is 145 Å². The number of hydrogen-bond acceptors (Lipinski definition) is 3. The summed E-state index contributed by atoms with van der Waals surface area (Å²) in [5.74, 6) is 0.392. The van der Waals surface area contributed by atoms with E-state index in [1.165, 1.54) is 0 Å². The summed E-state index contributed by atoms with van der Waals surface area (Å²) in [7, 11) is -1.79. The SMILES string of the molecule is CC(C)(C)[Si](C)(C)OC[C@H]1CC(=O)C([Se](=O)c2ccccc2)C1. The van der Waals surface area contributed by atoms with E-state index in [4.69, 9.17) is 4.43 Å². The third-order valence-electron chi connectivity index (χ3n) is 5.12. The van der Waals surface area contributed by atoms with E-state index < -0.39 is 22.2 Å². The van der Waals surface area contributed by atoms with Gasteiger partial charge in [0.1, 0.15) is 0 Å². The van der Waals surface area contributed by atoms with Gasteiger partial charge < -0.3 is 0 Å². The number of benzene rings is 1. The number of carbonyl (C=O) groups is 1. The first-order chi connectivity index (χ1) is 10.6. The van der Waals surface area contributed by atoms with Crippen molar-refractivity contribution in [1.29, 1.82) is 0 Å². The number of ketones is 1. The van der Waals surface area contributed by atoms with Crippen molar-refractivity contribution in [3.63, 3.8) is 0 Å². The summed E-state index contributed by atoms with van der Waals surface area (Å²) in [6.07, 6.45) is 1.24. The summed E-state index contributed by atoms with van der Waals surface area (Å²) in [5.41, 5.74) is 0. The van der Waals surface area contributed by atoms with E-state index in [0.717, 1.165) is 10.9 Å². The molecule has 0 bridgehead atoms. The molecule has 0 saturated heterocycles. The van der Waals surface area contributed by atoms with Crippen molar-refractivity contribution < 1.29 is 13.1 Å². The van der Waals surface area contributed by atoms with Crippen LogP contribution in [0.5, 0.6) is 0 Å². The number of rotatable bonds is 5. The fourth-order valence-corrected chi connectivity index (χ4v) is 6.84. The Morgan fingerprint density at radius 2 is 1.83 bits per heavy atom. The summed E-state index contributed by atoms with van der Waals surface area (Å²) in [6, 6.07) is 9.45. The van der Waals surface area contributed by atoms with E-state index >= 15 is 0 Å². The average Bonchev–Trinajstić information content (AvgIpc) is 2.85. The summed E-state index contributed by atoms with van der Waals surface area (Å²) in [5, 5.41) is 0.175. The molecule has 1 fully saturated rings. The topological polar surface area (TPSA) is 43.4 Å². The molecule has 3 atom stereocenters. The molecule has 5 heteroatoms. The van der Waals surface area contributed by atoms with E-state index in [1.54, 1.807) is 0 Å². The normalized spacial score (nSPS) is 24.0. The van der Waals surface area contributed by atoms with Crippen molar-refractivity contribution in [2.24, 2.45) is 5.92 Å². The Hall–Kier alpha value is -0.614. The van der Waals surface area contributed by atoms with Gasteiger partial charge in [-0.05, 0) is 0 Å². The Kier molecular flexibility index (Phi) is 5.78. The molecule has 1 aromatic rings. The van der Waals surface area contributed by atoms with Crippen molar-refractivity contribution in [3.05, 3.63) is 30.3 Å². The Balaban J connectivity index is 1.97. The van der Waals surface area contributed by atoms with Crippen LogP contribution in [0.4, 0.5) is 0 Å². The number of hydrogen-bond donors (Lipinski definition) is 0. The van der Waals surface area contributed by atoms with Gasteiger partial charge in [0, 0.05) is 0 Å². The zero-order valence-corrected chi connectivity index (χ0v) is 17.5. The molecule has 0 N–H and O–H groups in total. The third-order valence-corrected chi connectivity index (χ3v) is 13.2. The molecular weight excluding hydrogens is 371 g/mol. The summed E-state index contributed by atoms with van der Waals surface area (Å²) in [4.78, 5) is 12.0. The number of Topliss-reactive ketones (excluding diaryl/α,β-unsaturated/α-hetero) is 1. The Morgan fingerprint density at radius 1 is 1.22 bits per heavy atom. The third kappa shape index (κ3) is 4.47. The van der Waals surface area contributed by atoms with Crippen molar-refractivity contribution in [3.8, 4) is 0 Å². The van der Waals surface area contributed by atoms with Gasteiger partial charge in [-0.2, -0.15) is 0 Å². The van der Waals surface area contributed by atoms with Crippen molar-refractivity contribution in [2.45, 2.75) is 56.6 Å². The maximum atomic E-state index is 12.7. The molecule has 2 unspecified atom stereocenters. The van der Waals surface area contributed by atoms with Crippen LogP contribution in [0.15, 0.2) is 30.3 Å². The van der Waals surface area contributed by atoms with E-state index in [2.05, 4.69) is 33.9 Å². The second kappa shape index (κ2) is 7.10. The van der Waals surface area contributed by atoms with Gasteiger partial charge in [0.2, 0.25) is 0 Å². The van der Waals surface area contributed by atoms with Crippen molar-refractivity contribution in [1.82, 2.24) is 0 Å². The molecule has 2 rings (SSSR count). The van der Waals surface area contributed by atoms with E-state index in [0.29, 0.717) is 13.0 Å². The Bertz CT molecular complexity index is 578. The first kappa shape index (κ1) is 18.7. The van der Waals surface area contributed by atoms with Gasteiger partial charge in [-0.25, -0.2) is 0 Å². The van der Waals surface area contributed by atoms with Crippen LogP contribution in [0.1, 0.15) is 33.6 Å². The molecule has 0 radical (unpaired) electrons. The molecule has 1 aliphatic rings. The van der Waals surface area contributed by atoms with Crippen molar-refractivity contribution >= 4 is 32.4 Å². The average molecular weight is 399 g/mol. The molecule has 23 heavy (non-hydrogen) atoms. The van der Waals surface area contributed by atoms with Gasteiger partial charge in [-0.1, -0.05) is 0 Å². The second-order valence-corrected chi connectivity index (χ2v) is 16.2. The summed E-state index contributed by atoms with van der Waals surface area (Å²) >= 11 is -2.30. The molecule has 3 nitrogen and oxygen atoms in total. The van der Waals surface area contributed by atoms with Gasteiger partial charge in [0.05, 0.1) is 0 Å². The van der Waals surface area contributed by atoms with Crippen LogP contribution in [0, 0.1) is 5.92 Å². The van der Waals surface area contributed by atoms with Crippen LogP contribution in [0.2, 0.25) is 22.9 Å². The van der Waals surface area contributed by atoms with Gasteiger partial charge in [0.15, 0.2) is 0 Å². The van der Waals surface area contributed by atoms with Gasteiger partial charge in [-0.3, -0.25) is 0 Å². The fourth-order valence-electron chi connectivity index (χ4n) is 2.53. The van der Waals surface area contributed by atoms with E-state index in [-0.39, 0.29) is 21.6 Å². The molecule has 1 aliphatic carbocycles. The van der Waals surface area contributed by atoms with E-state index in [9.17, 15) is 8.63 Å². The first-order valence-electron chi connectivity index (χ1n) is 8.24. The zero-order valence-electron chi connectivity index (χ0n) is 14.8. The molecule has 1 saturated carbocycles. The zero-order chi connectivity index (χ0) is 17.3. The van der Waals surface area contributed by atoms with Crippen LogP contribution in [0.25, 0.3) is 0 Å². The molecule has 0 aromatic heterocycles. The van der Waals surface area contributed by atoms with Crippen LogP contribution < -0.4 is 4.46 Å². The Morgan fingerprint density at radius 3 is 2.39 bits per heavy atom. The summed E-state index contributed by atoms with van der Waals surface area (Å²) in [6.45, 7) is 11.8.